The van der Waals surface area contributed by atoms with Gasteiger partial charge in [-0.1, -0.05) is 44.2 Å². The molecule has 0 bridgehead atoms. The van der Waals surface area contributed by atoms with Gasteiger partial charge in [0.15, 0.2) is 0 Å². The summed E-state index contributed by atoms with van der Waals surface area (Å²) in [7, 11) is 0. The molecule has 1 aromatic rings. The van der Waals surface area contributed by atoms with Gasteiger partial charge in [-0.2, -0.15) is 0 Å². The van der Waals surface area contributed by atoms with Gasteiger partial charge in [-0.05, 0) is 36.5 Å². The van der Waals surface area contributed by atoms with Crippen LogP contribution in [-0.4, -0.2) is 5.91 Å². The molecule has 0 aromatic heterocycles. The van der Waals surface area contributed by atoms with E-state index in [1.165, 1.54) is 0 Å². The summed E-state index contributed by atoms with van der Waals surface area (Å²) in [6.07, 6.45) is 7.14. The summed E-state index contributed by atoms with van der Waals surface area (Å²) < 4.78 is 0. The van der Waals surface area contributed by atoms with Crippen molar-refractivity contribution in [2.75, 3.05) is 0 Å². The maximum atomic E-state index is 12.0. The molecule has 1 aliphatic carbocycles. The molecule has 0 heterocycles. The Morgan fingerprint density at radius 2 is 2.00 bits per heavy atom. The molecular weight excluding hydrogens is 222 g/mol. The normalized spacial score (nSPS) is 18.6. The standard InChI is InChI=1S/C16H19NO/c1-12(2)14-9-6-10-15(11-14)17-16(18)13-7-4-3-5-8-13/h3-10,12,14H,11H2,1-2H3,(H,17,18). The van der Waals surface area contributed by atoms with Gasteiger partial charge in [0, 0.05) is 11.3 Å². The summed E-state index contributed by atoms with van der Waals surface area (Å²) in [5.74, 6) is 1.08. The van der Waals surface area contributed by atoms with Crippen molar-refractivity contribution in [2.24, 2.45) is 11.8 Å². The molecule has 1 amide bonds. The Hall–Kier alpha value is -1.83. The van der Waals surface area contributed by atoms with E-state index in [2.05, 4.69) is 25.2 Å². The molecular formula is C16H19NO. The van der Waals surface area contributed by atoms with Gasteiger partial charge in [0.2, 0.25) is 0 Å². The topological polar surface area (TPSA) is 29.1 Å². The fourth-order valence-electron chi connectivity index (χ4n) is 2.06. The molecule has 1 N–H and O–H groups in total. The summed E-state index contributed by atoms with van der Waals surface area (Å²) in [5.41, 5.74) is 1.71. The minimum absolute atomic E-state index is 0.0281. The van der Waals surface area contributed by atoms with Gasteiger partial charge in [-0.25, -0.2) is 0 Å². The number of nitrogens with one attached hydrogen (secondary N) is 1. The van der Waals surface area contributed by atoms with Crippen LogP contribution in [0, 0.1) is 11.8 Å². The van der Waals surface area contributed by atoms with Gasteiger partial charge in [-0.15, -0.1) is 0 Å². The number of hydrogen-bond acceptors (Lipinski definition) is 1. The highest BCUT2D eigenvalue weighted by Crippen LogP contribution is 2.24. The minimum Gasteiger partial charge on any atom is -0.326 e. The van der Waals surface area contributed by atoms with Gasteiger partial charge in [0.05, 0.1) is 0 Å². The second-order valence-electron chi connectivity index (χ2n) is 5.01. The van der Waals surface area contributed by atoms with Crippen molar-refractivity contribution in [3.63, 3.8) is 0 Å². The Balaban J connectivity index is 2.01. The van der Waals surface area contributed by atoms with Crippen molar-refractivity contribution in [3.05, 3.63) is 59.8 Å². The monoisotopic (exact) mass is 241 g/mol. The van der Waals surface area contributed by atoms with Crippen molar-refractivity contribution in [2.45, 2.75) is 20.3 Å². The zero-order chi connectivity index (χ0) is 13.0. The van der Waals surface area contributed by atoms with Crippen LogP contribution in [0.15, 0.2) is 54.3 Å². The first kappa shape index (κ1) is 12.6. The van der Waals surface area contributed by atoms with Crippen LogP contribution >= 0.6 is 0 Å². The number of benzene rings is 1. The smallest absolute Gasteiger partial charge is 0.255 e. The minimum atomic E-state index is -0.0281. The van der Waals surface area contributed by atoms with Crippen LogP contribution in [0.25, 0.3) is 0 Å². The van der Waals surface area contributed by atoms with Gasteiger partial charge in [0.25, 0.3) is 5.91 Å². The van der Waals surface area contributed by atoms with E-state index in [4.69, 9.17) is 0 Å². The van der Waals surface area contributed by atoms with Crippen LogP contribution in [0.1, 0.15) is 30.6 Å². The maximum Gasteiger partial charge on any atom is 0.255 e. The second-order valence-corrected chi connectivity index (χ2v) is 5.01. The lowest BCUT2D eigenvalue weighted by Gasteiger charge is -2.22. The summed E-state index contributed by atoms with van der Waals surface area (Å²) in [5, 5.41) is 2.99. The van der Waals surface area contributed by atoms with Crippen molar-refractivity contribution in [3.8, 4) is 0 Å². The number of hydrogen-bond donors (Lipinski definition) is 1. The van der Waals surface area contributed by atoms with Crippen LogP contribution < -0.4 is 5.32 Å². The number of allylic oxidation sites excluding steroid dienone is 4. The number of carbonyl (C=O) groups excluding carboxylic acids is 1. The summed E-state index contributed by atoms with van der Waals surface area (Å²) in [6.45, 7) is 4.41. The highest BCUT2D eigenvalue weighted by atomic mass is 16.1. The van der Waals surface area contributed by atoms with Gasteiger partial charge in [-0.3, -0.25) is 4.79 Å². The summed E-state index contributed by atoms with van der Waals surface area (Å²) in [4.78, 5) is 12.0. The number of rotatable bonds is 3. The van der Waals surface area contributed by atoms with E-state index in [-0.39, 0.29) is 5.91 Å². The van der Waals surface area contributed by atoms with Crippen molar-refractivity contribution in [1.29, 1.82) is 0 Å². The average molecular weight is 241 g/mol. The average Bonchev–Trinajstić information content (AvgIpc) is 2.40. The van der Waals surface area contributed by atoms with Gasteiger partial charge in [0.1, 0.15) is 0 Å². The molecule has 0 radical (unpaired) electrons. The third kappa shape index (κ3) is 3.10. The fraction of sp³-hybridized carbons (Fsp3) is 0.312. The zero-order valence-corrected chi connectivity index (χ0v) is 10.9. The number of amides is 1. The number of carbonyl (C=O) groups is 1. The molecule has 1 unspecified atom stereocenters. The van der Waals surface area contributed by atoms with Crippen LogP contribution in [0.3, 0.4) is 0 Å². The molecule has 0 aliphatic heterocycles. The first-order valence-electron chi connectivity index (χ1n) is 6.40. The molecule has 0 saturated carbocycles. The molecule has 0 spiro atoms. The predicted octanol–water partition coefficient (Wildman–Crippen LogP) is 3.53. The van der Waals surface area contributed by atoms with Crippen LogP contribution in [-0.2, 0) is 0 Å². The third-order valence-corrected chi connectivity index (χ3v) is 3.28. The molecule has 0 fully saturated rings. The maximum absolute atomic E-state index is 12.0. The Labute approximate surface area is 108 Å². The Bertz CT molecular complexity index is 471. The van der Waals surface area contributed by atoms with E-state index in [1.54, 1.807) is 0 Å². The molecule has 2 heteroatoms. The molecule has 1 atom stereocenters. The quantitative estimate of drug-likeness (QED) is 0.861. The SMILES string of the molecule is CC(C)C1C=CC=C(NC(=O)c2ccccc2)C1. The van der Waals surface area contributed by atoms with E-state index in [0.29, 0.717) is 17.4 Å². The lowest BCUT2D eigenvalue weighted by Crippen LogP contribution is -2.25. The molecule has 2 nitrogen and oxygen atoms in total. The van der Waals surface area contributed by atoms with Crippen molar-refractivity contribution in [1.82, 2.24) is 5.32 Å². The first-order chi connectivity index (χ1) is 8.66. The molecule has 1 aromatic carbocycles. The predicted molar refractivity (Wildman–Crippen MR) is 74.1 cm³/mol. The van der Waals surface area contributed by atoms with E-state index in [9.17, 15) is 4.79 Å². The third-order valence-electron chi connectivity index (χ3n) is 3.28. The lowest BCUT2D eigenvalue weighted by atomic mass is 9.88. The molecule has 1 aliphatic rings. The highest BCUT2D eigenvalue weighted by Gasteiger charge is 2.16. The Morgan fingerprint density at radius 3 is 2.67 bits per heavy atom. The summed E-state index contributed by atoms with van der Waals surface area (Å²) in [6, 6.07) is 9.32. The van der Waals surface area contributed by atoms with Crippen LogP contribution in [0.4, 0.5) is 0 Å². The van der Waals surface area contributed by atoms with E-state index >= 15 is 0 Å². The molecule has 94 valence electrons. The van der Waals surface area contributed by atoms with Gasteiger partial charge >= 0.3 is 0 Å². The molecule has 0 saturated heterocycles. The van der Waals surface area contributed by atoms with Crippen molar-refractivity contribution >= 4 is 5.91 Å². The second kappa shape index (κ2) is 5.67. The molecule has 2 rings (SSSR count). The van der Waals surface area contributed by atoms with E-state index in [0.717, 1.165) is 12.1 Å². The largest absolute Gasteiger partial charge is 0.326 e. The lowest BCUT2D eigenvalue weighted by molar-refractivity contribution is 0.0963. The van der Waals surface area contributed by atoms with Crippen LogP contribution in [0.2, 0.25) is 0 Å². The van der Waals surface area contributed by atoms with Crippen molar-refractivity contribution < 1.29 is 4.79 Å². The fourth-order valence-corrected chi connectivity index (χ4v) is 2.06. The first-order valence-corrected chi connectivity index (χ1v) is 6.40. The Kier molecular flexibility index (Phi) is 3.98. The zero-order valence-electron chi connectivity index (χ0n) is 10.9. The Morgan fingerprint density at radius 1 is 1.28 bits per heavy atom. The van der Waals surface area contributed by atoms with E-state index < -0.39 is 0 Å². The van der Waals surface area contributed by atoms with Gasteiger partial charge < -0.3 is 5.32 Å². The highest BCUT2D eigenvalue weighted by molar-refractivity contribution is 5.95. The summed E-state index contributed by atoms with van der Waals surface area (Å²) >= 11 is 0. The van der Waals surface area contributed by atoms with Crippen LogP contribution in [0.5, 0.6) is 0 Å². The van der Waals surface area contributed by atoms with E-state index in [1.807, 2.05) is 42.5 Å². The molecule has 18 heavy (non-hydrogen) atoms.